The molecule has 0 bridgehead atoms. The van der Waals surface area contributed by atoms with Gasteiger partial charge in [0, 0.05) is 35.5 Å². The Morgan fingerprint density at radius 1 is 1.22 bits per heavy atom. The highest BCUT2D eigenvalue weighted by Gasteiger charge is 2.22. The zero-order valence-corrected chi connectivity index (χ0v) is 14.5. The van der Waals surface area contributed by atoms with Gasteiger partial charge in [0.25, 0.3) is 0 Å². The second-order valence-electron chi connectivity index (χ2n) is 5.80. The first kappa shape index (κ1) is 15.9. The Labute approximate surface area is 145 Å². The number of halogens is 1. The fourth-order valence-corrected chi connectivity index (χ4v) is 3.21. The monoisotopic (exact) mass is 372 g/mol. The summed E-state index contributed by atoms with van der Waals surface area (Å²) in [5, 5.41) is 3.12. The number of hydrogen-bond donors (Lipinski definition) is 2. The Bertz CT molecular complexity index is 672. The first-order chi connectivity index (χ1) is 11.2. The summed E-state index contributed by atoms with van der Waals surface area (Å²) in [7, 11) is 0. The number of nitrogens with zero attached hydrogens (tertiary/aromatic N) is 2. The fraction of sp³-hybridized carbons (Fsp3) is 0.278. The number of rotatable bonds is 4. The molecule has 0 amide bonds. The number of benzene rings is 2. The lowest BCUT2D eigenvalue weighted by molar-refractivity contribution is 0.603. The van der Waals surface area contributed by atoms with Crippen molar-refractivity contribution in [1.82, 2.24) is 0 Å². The van der Waals surface area contributed by atoms with E-state index in [1.807, 2.05) is 30.3 Å². The van der Waals surface area contributed by atoms with E-state index in [1.165, 1.54) is 5.69 Å². The van der Waals surface area contributed by atoms with Crippen molar-refractivity contribution >= 4 is 33.3 Å². The summed E-state index contributed by atoms with van der Waals surface area (Å²) in [6.07, 6.45) is 1.15. The minimum Gasteiger partial charge on any atom is -0.371 e. The van der Waals surface area contributed by atoms with E-state index in [-0.39, 0.29) is 0 Å². The third-order valence-corrected chi connectivity index (χ3v) is 4.52. The SMILES string of the molecule is NC(=NCC1CCN(c2cccc(Br)c2)C1)Nc1ccccc1. The Hall–Kier alpha value is -2.01. The molecule has 120 valence electrons. The van der Waals surface area contributed by atoms with Crippen molar-refractivity contribution in [1.29, 1.82) is 0 Å². The van der Waals surface area contributed by atoms with Crippen LogP contribution in [0, 0.1) is 5.92 Å². The zero-order valence-electron chi connectivity index (χ0n) is 13.0. The van der Waals surface area contributed by atoms with Crippen LogP contribution in [0.4, 0.5) is 11.4 Å². The van der Waals surface area contributed by atoms with E-state index in [9.17, 15) is 0 Å². The predicted octanol–water partition coefficient (Wildman–Crippen LogP) is 3.70. The fourth-order valence-electron chi connectivity index (χ4n) is 2.83. The lowest BCUT2D eigenvalue weighted by Crippen LogP contribution is -2.25. The number of para-hydroxylation sites is 1. The summed E-state index contributed by atoms with van der Waals surface area (Å²) >= 11 is 3.53. The number of anilines is 2. The molecule has 3 rings (SSSR count). The molecule has 0 spiro atoms. The van der Waals surface area contributed by atoms with Crippen LogP contribution < -0.4 is 16.0 Å². The molecule has 2 aromatic carbocycles. The van der Waals surface area contributed by atoms with Crippen LogP contribution in [-0.4, -0.2) is 25.6 Å². The second-order valence-corrected chi connectivity index (χ2v) is 6.71. The van der Waals surface area contributed by atoms with Gasteiger partial charge in [0.05, 0.1) is 0 Å². The van der Waals surface area contributed by atoms with Crippen LogP contribution in [0.2, 0.25) is 0 Å². The average Bonchev–Trinajstić information content (AvgIpc) is 3.03. The zero-order chi connectivity index (χ0) is 16.1. The molecule has 1 saturated heterocycles. The van der Waals surface area contributed by atoms with E-state index in [0.717, 1.165) is 36.2 Å². The van der Waals surface area contributed by atoms with Gasteiger partial charge in [-0.15, -0.1) is 0 Å². The smallest absolute Gasteiger partial charge is 0.193 e. The number of guanidine groups is 1. The van der Waals surface area contributed by atoms with E-state index < -0.39 is 0 Å². The summed E-state index contributed by atoms with van der Waals surface area (Å²) in [4.78, 5) is 6.90. The summed E-state index contributed by atoms with van der Waals surface area (Å²) < 4.78 is 1.12. The van der Waals surface area contributed by atoms with Crippen LogP contribution in [0.3, 0.4) is 0 Å². The topological polar surface area (TPSA) is 53.6 Å². The third-order valence-electron chi connectivity index (χ3n) is 4.03. The van der Waals surface area contributed by atoms with E-state index in [4.69, 9.17) is 5.73 Å². The Morgan fingerprint density at radius 2 is 2.04 bits per heavy atom. The molecule has 1 unspecified atom stereocenters. The van der Waals surface area contributed by atoms with Gasteiger partial charge in [0.15, 0.2) is 5.96 Å². The summed E-state index contributed by atoms with van der Waals surface area (Å²) in [6.45, 7) is 2.86. The van der Waals surface area contributed by atoms with Crippen LogP contribution in [0.25, 0.3) is 0 Å². The standard InChI is InChI=1S/C18H21BrN4/c19-15-5-4-8-17(11-15)23-10-9-14(13-23)12-21-18(20)22-16-6-2-1-3-7-16/h1-8,11,14H,9-10,12-13H2,(H3,20,21,22). The van der Waals surface area contributed by atoms with E-state index in [2.05, 4.69) is 55.4 Å². The van der Waals surface area contributed by atoms with Gasteiger partial charge in [-0.3, -0.25) is 4.99 Å². The van der Waals surface area contributed by atoms with Gasteiger partial charge in [-0.05, 0) is 42.7 Å². The number of nitrogens with one attached hydrogen (secondary N) is 1. The maximum atomic E-state index is 5.97. The highest BCUT2D eigenvalue weighted by atomic mass is 79.9. The number of aliphatic imine (C=N–C) groups is 1. The molecule has 0 aliphatic carbocycles. The quantitative estimate of drug-likeness (QED) is 0.635. The largest absolute Gasteiger partial charge is 0.371 e. The molecule has 1 fully saturated rings. The van der Waals surface area contributed by atoms with E-state index >= 15 is 0 Å². The molecule has 5 heteroatoms. The van der Waals surface area contributed by atoms with Gasteiger partial charge >= 0.3 is 0 Å². The van der Waals surface area contributed by atoms with Crippen LogP contribution in [0.15, 0.2) is 64.1 Å². The normalized spacial score (nSPS) is 18.2. The summed E-state index contributed by atoms with van der Waals surface area (Å²) in [6, 6.07) is 18.3. The Balaban J connectivity index is 1.52. The van der Waals surface area contributed by atoms with E-state index in [1.54, 1.807) is 0 Å². The number of hydrogen-bond acceptors (Lipinski definition) is 2. The molecule has 3 N–H and O–H groups in total. The van der Waals surface area contributed by atoms with Gasteiger partial charge < -0.3 is 16.0 Å². The molecule has 4 nitrogen and oxygen atoms in total. The highest BCUT2D eigenvalue weighted by Crippen LogP contribution is 2.26. The van der Waals surface area contributed by atoms with Gasteiger partial charge in [0.1, 0.15) is 0 Å². The van der Waals surface area contributed by atoms with Crippen molar-refractivity contribution in [3.05, 3.63) is 59.1 Å². The van der Waals surface area contributed by atoms with Crippen molar-refractivity contribution < 1.29 is 0 Å². The van der Waals surface area contributed by atoms with Crippen molar-refractivity contribution in [3.8, 4) is 0 Å². The molecule has 1 heterocycles. The molecule has 0 saturated carbocycles. The van der Waals surface area contributed by atoms with Gasteiger partial charge in [-0.25, -0.2) is 0 Å². The minimum absolute atomic E-state index is 0.483. The first-order valence-corrected chi connectivity index (χ1v) is 8.62. The molecule has 1 aliphatic heterocycles. The maximum Gasteiger partial charge on any atom is 0.193 e. The predicted molar refractivity (Wildman–Crippen MR) is 101 cm³/mol. The van der Waals surface area contributed by atoms with Crippen molar-refractivity contribution in [2.75, 3.05) is 29.9 Å². The molecule has 1 atom stereocenters. The molecule has 1 aliphatic rings. The highest BCUT2D eigenvalue weighted by molar-refractivity contribution is 9.10. The lowest BCUT2D eigenvalue weighted by Gasteiger charge is -2.18. The van der Waals surface area contributed by atoms with Gasteiger partial charge in [0.2, 0.25) is 0 Å². The van der Waals surface area contributed by atoms with Crippen LogP contribution in [0.1, 0.15) is 6.42 Å². The Kier molecular flexibility index (Phi) is 5.18. The lowest BCUT2D eigenvalue weighted by atomic mass is 10.1. The van der Waals surface area contributed by atoms with Crippen LogP contribution in [-0.2, 0) is 0 Å². The van der Waals surface area contributed by atoms with Crippen LogP contribution >= 0.6 is 15.9 Å². The van der Waals surface area contributed by atoms with E-state index in [0.29, 0.717) is 11.9 Å². The van der Waals surface area contributed by atoms with Gasteiger partial charge in [-0.1, -0.05) is 40.2 Å². The minimum atomic E-state index is 0.483. The van der Waals surface area contributed by atoms with Crippen molar-refractivity contribution in [2.45, 2.75) is 6.42 Å². The van der Waals surface area contributed by atoms with Crippen molar-refractivity contribution in [3.63, 3.8) is 0 Å². The summed E-state index contributed by atoms with van der Waals surface area (Å²) in [5.74, 6) is 1.03. The van der Waals surface area contributed by atoms with Crippen molar-refractivity contribution in [2.24, 2.45) is 16.6 Å². The first-order valence-electron chi connectivity index (χ1n) is 7.83. The van der Waals surface area contributed by atoms with Crippen LogP contribution in [0.5, 0.6) is 0 Å². The third kappa shape index (κ3) is 4.48. The molecule has 0 aromatic heterocycles. The summed E-state index contributed by atoms with van der Waals surface area (Å²) in [5.41, 5.74) is 8.20. The molecular formula is C18H21BrN4. The maximum absolute atomic E-state index is 5.97. The molecule has 23 heavy (non-hydrogen) atoms. The molecule has 0 radical (unpaired) electrons. The number of nitrogens with two attached hydrogens (primary N) is 1. The van der Waals surface area contributed by atoms with Gasteiger partial charge in [-0.2, -0.15) is 0 Å². The average molecular weight is 373 g/mol. The molecule has 2 aromatic rings. The Morgan fingerprint density at radius 3 is 2.83 bits per heavy atom. The molecular weight excluding hydrogens is 352 g/mol. The second kappa shape index (κ2) is 7.51.